The van der Waals surface area contributed by atoms with Crippen molar-refractivity contribution in [3.05, 3.63) is 29.8 Å². The standard InChI is InChI=1S/C14H20N2O2/c1-10(2)8-15-9-14(18)16-13-6-4-5-12(7-13)11(3)17/h4-7,10,15H,8-9H2,1-3H3,(H,16,18). The number of carbonyl (C=O) groups is 2. The fraction of sp³-hybridized carbons (Fsp3) is 0.429. The average molecular weight is 248 g/mol. The summed E-state index contributed by atoms with van der Waals surface area (Å²) in [6.07, 6.45) is 0. The third-order valence-electron chi connectivity index (χ3n) is 2.39. The van der Waals surface area contributed by atoms with Crippen molar-refractivity contribution in [3.8, 4) is 0 Å². The van der Waals surface area contributed by atoms with Gasteiger partial charge in [0.15, 0.2) is 5.78 Å². The highest BCUT2D eigenvalue weighted by Gasteiger charge is 2.04. The molecule has 0 fully saturated rings. The summed E-state index contributed by atoms with van der Waals surface area (Å²) >= 11 is 0. The first kappa shape index (κ1) is 14.4. The second-order valence-corrected chi connectivity index (χ2v) is 4.71. The van der Waals surface area contributed by atoms with E-state index in [0.29, 0.717) is 17.2 Å². The molecule has 4 nitrogen and oxygen atoms in total. The second kappa shape index (κ2) is 6.91. The van der Waals surface area contributed by atoms with Crippen LogP contribution in [0.25, 0.3) is 0 Å². The molecule has 0 spiro atoms. The largest absolute Gasteiger partial charge is 0.325 e. The van der Waals surface area contributed by atoms with Gasteiger partial charge in [0.2, 0.25) is 5.91 Å². The van der Waals surface area contributed by atoms with Crippen LogP contribution in [0.4, 0.5) is 5.69 Å². The third kappa shape index (κ3) is 5.10. The molecule has 0 aliphatic carbocycles. The van der Waals surface area contributed by atoms with E-state index in [-0.39, 0.29) is 18.2 Å². The Morgan fingerprint density at radius 2 is 2.00 bits per heavy atom. The number of Topliss-reactive ketones (excluding diaryl/α,β-unsaturated/α-hetero) is 1. The lowest BCUT2D eigenvalue weighted by Crippen LogP contribution is -2.30. The Morgan fingerprint density at radius 1 is 1.28 bits per heavy atom. The summed E-state index contributed by atoms with van der Waals surface area (Å²) < 4.78 is 0. The fourth-order valence-corrected chi connectivity index (χ4v) is 1.50. The number of rotatable bonds is 6. The molecule has 1 aromatic carbocycles. The number of anilines is 1. The van der Waals surface area contributed by atoms with E-state index in [1.807, 2.05) is 0 Å². The van der Waals surface area contributed by atoms with Crippen LogP contribution in [0.3, 0.4) is 0 Å². The molecule has 1 aromatic rings. The van der Waals surface area contributed by atoms with Gasteiger partial charge in [-0.25, -0.2) is 0 Å². The summed E-state index contributed by atoms with van der Waals surface area (Å²) in [5, 5.41) is 5.82. The molecule has 2 N–H and O–H groups in total. The smallest absolute Gasteiger partial charge is 0.238 e. The lowest BCUT2D eigenvalue weighted by molar-refractivity contribution is -0.115. The number of amides is 1. The van der Waals surface area contributed by atoms with Crippen molar-refractivity contribution in [2.75, 3.05) is 18.4 Å². The van der Waals surface area contributed by atoms with Gasteiger partial charge in [-0.3, -0.25) is 9.59 Å². The topological polar surface area (TPSA) is 58.2 Å². The first-order valence-corrected chi connectivity index (χ1v) is 6.10. The van der Waals surface area contributed by atoms with E-state index < -0.39 is 0 Å². The number of benzene rings is 1. The molecule has 0 radical (unpaired) electrons. The molecule has 4 heteroatoms. The number of hydrogen-bond donors (Lipinski definition) is 2. The summed E-state index contributed by atoms with van der Waals surface area (Å²) in [7, 11) is 0. The first-order valence-electron chi connectivity index (χ1n) is 6.10. The summed E-state index contributed by atoms with van der Waals surface area (Å²) in [5.41, 5.74) is 1.25. The van der Waals surface area contributed by atoms with Gasteiger partial charge in [0.05, 0.1) is 6.54 Å². The van der Waals surface area contributed by atoms with Gasteiger partial charge in [0.25, 0.3) is 0 Å². The third-order valence-corrected chi connectivity index (χ3v) is 2.39. The molecular formula is C14H20N2O2. The Bertz CT molecular complexity index is 428. The maximum absolute atomic E-state index is 11.6. The summed E-state index contributed by atoms with van der Waals surface area (Å²) in [6.45, 7) is 6.76. The van der Waals surface area contributed by atoms with E-state index in [9.17, 15) is 9.59 Å². The molecule has 0 aliphatic rings. The Balaban J connectivity index is 2.49. The van der Waals surface area contributed by atoms with E-state index in [1.54, 1.807) is 24.3 Å². The average Bonchev–Trinajstić information content (AvgIpc) is 2.28. The minimum Gasteiger partial charge on any atom is -0.325 e. The van der Waals surface area contributed by atoms with Crippen LogP contribution in [0.2, 0.25) is 0 Å². The molecule has 0 aromatic heterocycles. The predicted octanol–water partition coefficient (Wildman–Crippen LogP) is 2.07. The number of nitrogens with one attached hydrogen (secondary N) is 2. The van der Waals surface area contributed by atoms with Gasteiger partial charge in [-0.1, -0.05) is 26.0 Å². The lowest BCUT2D eigenvalue weighted by Gasteiger charge is -2.09. The Morgan fingerprint density at radius 3 is 2.61 bits per heavy atom. The zero-order valence-electron chi connectivity index (χ0n) is 11.1. The van der Waals surface area contributed by atoms with Gasteiger partial charge in [-0.2, -0.15) is 0 Å². The van der Waals surface area contributed by atoms with Gasteiger partial charge >= 0.3 is 0 Å². The number of carbonyl (C=O) groups excluding carboxylic acids is 2. The van der Waals surface area contributed by atoms with Crippen LogP contribution in [-0.4, -0.2) is 24.8 Å². The van der Waals surface area contributed by atoms with Crippen molar-refractivity contribution < 1.29 is 9.59 Å². The predicted molar refractivity (Wildman–Crippen MR) is 72.8 cm³/mol. The van der Waals surface area contributed by atoms with E-state index in [0.717, 1.165) is 6.54 Å². The van der Waals surface area contributed by atoms with Gasteiger partial charge in [0.1, 0.15) is 0 Å². The molecule has 98 valence electrons. The molecule has 0 atom stereocenters. The van der Waals surface area contributed by atoms with Crippen LogP contribution in [-0.2, 0) is 4.79 Å². The van der Waals surface area contributed by atoms with Crippen LogP contribution in [0.15, 0.2) is 24.3 Å². The minimum atomic E-state index is -0.101. The number of hydrogen-bond acceptors (Lipinski definition) is 3. The molecule has 18 heavy (non-hydrogen) atoms. The zero-order valence-corrected chi connectivity index (χ0v) is 11.1. The van der Waals surface area contributed by atoms with Crippen molar-refractivity contribution in [2.24, 2.45) is 5.92 Å². The van der Waals surface area contributed by atoms with Gasteiger partial charge in [0, 0.05) is 11.3 Å². The maximum Gasteiger partial charge on any atom is 0.238 e. The van der Waals surface area contributed by atoms with Crippen LogP contribution < -0.4 is 10.6 Å². The second-order valence-electron chi connectivity index (χ2n) is 4.71. The van der Waals surface area contributed by atoms with Crippen molar-refractivity contribution >= 4 is 17.4 Å². The quantitative estimate of drug-likeness (QED) is 0.758. The SMILES string of the molecule is CC(=O)c1cccc(NC(=O)CNCC(C)C)c1. The monoisotopic (exact) mass is 248 g/mol. The van der Waals surface area contributed by atoms with Crippen LogP contribution >= 0.6 is 0 Å². The van der Waals surface area contributed by atoms with E-state index in [4.69, 9.17) is 0 Å². The Labute approximate surface area is 108 Å². The van der Waals surface area contributed by atoms with Crippen LogP contribution in [0.1, 0.15) is 31.1 Å². The Kier molecular flexibility index (Phi) is 5.52. The molecule has 1 amide bonds. The van der Waals surface area contributed by atoms with Crippen LogP contribution in [0, 0.1) is 5.92 Å². The van der Waals surface area contributed by atoms with E-state index in [2.05, 4.69) is 24.5 Å². The molecule has 0 unspecified atom stereocenters. The van der Waals surface area contributed by atoms with Crippen molar-refractivity contribution in [2.45, 2.75) is 20.8 Å². The fourth-order valence-electron chi connectivity index (χ4n) is 1.50. The number of ketones is 1. The summed E-state index contributed by atoms with van der Waals surface area (Å²) in [4.78, 5) is 22.8. The molecule has 0 aliphatic heterocycles. The molecule has 0 saturated carbocycles. The minimum absolute atomic E-state index is 0.0102. The summed E-state index contributed by atoms with van der Waals surface area (Å²) in [5.74, 6) is 0.402. The van der Waals surface area contributed by atoms with Gasteiger partial charge in [-0.15, -0.1) is 0 Å². The molecular weight excluding hydrogens is 228 g/mol. The van der Waals surface area contributed by atoms with Crippen molar-refractivity contribution in [3.63, 3.8) is 0 Å². The first-order chi connectivity index (χ1) is 8.49. The van der Waals surface area contributed by atoms with Gasteiger partial charge < -0.3 is 10.6 Å². The van der Waals surface area contributed by atoms with E-state index >= 15 is 0 Å². The molecule has 0 heterocycles. The molecule has 1 rings (SSSR count). The normalized spacial score (nSPS) is 10.4. The zero-order chi connectivity index (χ0) is 13.5. The van der Waals surface area contributed by atoms with Crippen molar-refractivity contribution in [1.29, 1.82) is 0 Å². The maximum atomic E-state index is 11.6. The van der Waals surface area contributed by atoms with Crippen LogP contribution in [0.5, 0.6) is 0 Å². The highest BCUT2D eigenvalue weighted by atomic mass is 16.2. The summed E-state index contributed by atoms with van der Waals surface area (Å²) in [6, 6.07) is 6.94. The van der Waals surface area contributed by atoms with Gasteiger partial charge in [-0.05, 0) is 31.5 Å². The van der Waals surface area contributed by atoms with Crippen molar-refractivity contribution in [1.82, 2.24) is 5.32 Å². The Hall–Kier alpha value is -1.68. The molecule has 0 saturated heterocycles. The van der Waals surface area contributed by atoms with E-state index in [1.165, 1.54) is 6.92 Å². The lowest BCUT2D eigenvalue weighted by atomic mass is 10.1. The highest BCUT2D eigenvalue weighted by molar-refractivity contribution is 5.97. The highest BCUT2D eigenvalue weighted by Crippen LogP contribution is 2.10. The molecule has 0 bridgehead atoms.